The van der Waals surface area contributed by atoms with Crippen LogP contribution in [0, 0.1) is 6.92 Å². The van der Waals surface area contributed by atoms with Gasteiger partial charge in [0.2, 0.25) is 0 Å². The van der Waals surface area contributed by atoms with Gasteiger partial charge in [0.1, 0.15) is 11.0 Å². The van der Waals surface area contributed by atoms with E-state index >= 15 is 0 Å². The van der Waals surface area contributed by atoms with Crippen molar-refractivity contribution < 1.29 is 22.5 Å². The molecule has 3 nitrogen and oxygen atoms in total. The molecule has 0 radical (unpaired) electrons. The fourth-order valence-corrected chi connectivity index (χ4v) is 2.59. The number of aliphatic hydroxyl groups excluding tert-OH is 1. The van der Waals surface area contributed by atoms with Gasteiger partial charge in [-0.25, -0.2) is 8.93 Å². The summed E-state index contributed by atoms with van der Waals surface area (Å²) in [7, 11) is -0.889. The Hall–Kier alpha value is -0.920. The summed E-state index contributed by atoms with van der Waals surface area (Å²) < 4.78 is 53.2. The molecule has 0 bridgehead atoms. The molecule has 7 heteroatoms. The molecule has 0 aromatic heterocycles. The first-order valence-corrected chi connectivity index (χ1v) is 6.98. The van der Waals surface area contributed by atoms with E-state index < -0.39 is 28.3 Å². The van der Waals surface area contributed by atoms with Gasteiger partial charge in [-0.15, -0.1) is 0 Å². The third-order valence-corrected chi connectivity index (χ3v) is 3.59. The summed E-state index contributed by atoms with van der Waals surface area (Å²) in [6.45, 7) is 6.80. The van der Waals surface area contributed by atoms with Crippen LogP contribution in [0.1, 0.15) is 31.9 Å². The van der Waals surface area contributed by atoms with E-state index in [1.807, 2.05) is 0 Å². The Balaban J connectivity index is 0.00000172. The van der Waals surface area contributed by atoms with Crippen LogP contribution >= 0.6 is 0 Å². The molecular formula is C13H20F3NO2S. The lowest BCUT2D eigenvalue weighted by Crippen LogP contribution is -2.37. The van der Waals surface area contributed by atoms with Crippen molar-refractivity contribution in [1.82, 2.24) is 4.72 Å². The van der Waals surface area contributed by atoms with Crippen molar-refractivity contribution in [3.8, 4) is 0 Å². The summed E-state index contributed by atoms with van der Waals surface area (Å²) in [4.78, 5) is -0.233. The van der Waals surface area contributed by atoms with E-state index in [-0.39, 0.29) is 4.90 Å². The van der Waals surface area contributed by atoms with Crippen LogP contribution in [0.2, 0.25) is 0 Å². The number of hydrogen-bond donors (Lipinski definition) is 2. The largest absolute Gasteiger partial charge is 0.417 e. The zero-order valence-electron chi connectivity index (χ0n) is 12.1. The van der Waals surface area contributed by atoms with Crippen molar-refractivity contribution in [2.45, 2.75) is 44.3 Å². The SMILES string of the molecule is CO.Cc1ccc(S(=O)NC(C)(C)C)c(C(F)(F)F)c1. The van der Waals surface area contributed by atoms with Crippen molar-refractivity contribution in [2.24, 2.45) is 0 Å². The summed E-state index contributed by atoms with van der Waals surface area (Å²) in [5.41, 5.74) is -0.894. The number of alkyl halides is 3. The molecule has 0 spiro atoms. The van der Waals surface area contributed by atoms with Crippen LogP contribution in [0.4, 0.5) is 13.2 Å². The molecule has 0 aliphatic heterocycles. The van der Waals surface area contributed by atoms with Crippen LogP contribution in [-0.4, -0.2) is 22.0 Å². The minimum atomic E-state index is -4.50. The van der Waals surface area contributed by atoms with Crippen LogP contribution in [-0.2, 0) is 17.2 Å². The van der Waals surface area contributed by atoms with Gasteiger partial charge in [-0.1, -0.05) is 11.6 Å². The highest BCUT2D eigenvalue weighted by Crippen LogP contribution is 2.34. The van der Waals surface area contributed by atoms with Crippen LogP contribution < -0.4 is 4.72 Å². The van der Waals surface area contributed by atoms with Gasteiger partial charge in [-0.3, -0.25) is 0 Å². The van der Waals surface area contributed by atoms with Crippen LogP contribution in [0.15, 0.2) is 23.1 Å². The highest BCUT2D eigenvalue weighted by molar-refractivity contribution is 7.83. The fourth-order valence-electron chi connectivity index (χ4n) is 1.36. The average molecular weight is 311 g/mol. The molecule has 1 aromatic rings. The third-order valence-electron chi connectivity index (χ3n) is 2.04. The predicted octanol–water partition coefficient (Wildman–Crippen LogP) is 3.03. The molecule has 0 saturated heterocycles. The van der Waals surface area contributed by atoms with Gasteiger partial charge in [0.15, 0.2) is 0 Å². The minimum absolute atomic E-state index is 0.233. The van der Waals surface area contributed by atoms with Gasteiger partial charge >= 0.3 is 6.18 Å². The maximum absolute atomic E-state index is 12.9. The Bertz CT molecular complexity index is 468. The van der Waals surface area contributed by atoms with Crippen molar-refractivity contribution in [3.05, 3.63) is 29.3 Å². The molecule has 0 heterocycles. The molecule has 0 saturated carbocycles. The molecule has 0 aliphatic carbocycles. The summed E-state index contributed by atoms with van der Waals surface area (Å²) in [5, 5.41) is 7.00. The Labute approximate surface area is 119 Å². The number of rotatable bonds is 2. The molecule has 1 unspecified atom stereocenters. The van der Waals surface area contributed by atoms with Crippen LogP contribution in [0.25, 0.3) is 0 Å². The van der Waals surface area contributed by atoms with Crippen molar-refractivity contribution in [2.75, 3.05) is 7.11 Å². The molecule has 0 amide bonds. The quantitative estimate of drug-likeness (QED) is 0.882. The Kier molecular flexibility index (Phi) is 6.86. The highest BCUT2D eigenvalue weighted by Gasteiger charge is 2.35. The second-order valence-corrected chi connectivity index (χ2v) is 6.30. The van der Waals surface area contributed by atoms with E-state index in [0.717, 1.165) is 13.2 Å². The van der Waals surface area contributed by atoms with Gasteiger partial charge < -0.3 is 5.11 Å². The molecule has 116 valence electrons. The number of aliphatic hydroxyl groups is 1. The molecule has 0 fully saturated rings. The summed E-state index contributed by atoms with van der Waals surface area (Å²) in [6.07, 6.45) is -4.50. The van der Waals surface area contributed by atoms with Crippen molar-refractivity contribution >= 4 is 11.0 Å². The number of aryl methyl sites for hydroxylation is 1. The van der Waals surface area contributed by atoms with Gasteiger partial charge in [-0.05, 0) is 39.8 Å². The molecular weight excluding hydrogens is 291 g/mol. The molecule has 20 heavy (non-hydrogen) atoms. The first kappa shape index (κ1) is 19.1. The van der Waals surface area contributed by atoms with E-state index in [9.17, 15) is 17.4 Å². The lowest BCUT2D eigenvalue weighted by molar-refractivity contribution is -0.139. The fraction of sp³-hybridized carbons (Fsp3) is 0.538. The molecule has 1 rings (SSSR count). The summed E-state index contributed by atoms with van der Waals surface area (Å²) in [5.74, 6) is 0. The average Bonchev–Trinajstić information content (AvgIpc) is 2.28. The van der Waals surface area contributed by atoms with Crippen molar-refractivity contribution in [3.63, 3.8) is 0 Å². The summed E-state index contributed by atoms with van der Waals surface area (Å²) >= 11 is 0. The zero-order chi connectivity index (χ0) is 16.1. The molecule has 0 aliphatic rings. The predicted molar refractivity (Wildman–Crippen MR) is 73.6 cm³/mol. The Morgan fingerprint density at radius 2 is 1.65 bits per heavy atom. The van der Waals surface area contributed by atoms with E-state index in [4.69, 9.17) is 5.11 Å². The van der Waals surface area contributed by atoms with E-state index in [1.165, 1.54) is 12.1 Å². The minimum Gasteiger partial charge on any atom is -0.400 e. The van der Waals surface area contributed by atoms with Gasteiger partial charge in [-0.2, -0.15) is 13.2 Å². The summed E-state index contributed by atoms with van der Waals surface area (Å²) in [6, 6.07) is 3.79. The lowest BCUT2D eigenvalue weighted by Gasteiger charge is -2.21. The monoisotopic (exact) mass is 311 g/mol. The van der Waals surface area contributed by atoms with E-state index in [0.29, 0.717) is 5.56 Å². The van der Waals surface area contributed by atoms with E-state index in [2.05, 4.69) is 4.72 Å². The van der Waals surface area contributed by atoms with Crippen molar-refractivity contribution in [1.29, 1.82) is 0 Å². The smallest absolute Gasteiger partial charge is 0.400 e. The van der Waals surface area contributed by atoms with Crippen LogP contribution in [0.3, 0.4) is 0 Å². The maximum Gasteiger partial charge on any atom is 0.417 e. The topological polar surface area (TPSA) is 49.3 Å². The van der Waals surface area contributed by atoms with E-state index in [1.54, 1.807) is 27.7 Å². The third kappa shape index (κ3) is 6.02. The molecule has 2 N–H and O–H groups in total. The number of halogens is 3. The zero-order valence-corrected chi connectivity index (χ0v) is 12.9. The first-order valence-electron chi connectivity index (χ1n) is 5.83. The lowest BCUT2D eigenvalue weighted by atomic mass is 10.1. The number of hydrogen-bond acceptors (Lipinski definition) is 2. The molecule has 1 aromatic carbocycles. The first-order chi connectivity index (χ1) is 9.00. The number of benzene rings is 1. The van der Waals surface area contributed by atoms with Gasteiger partial charge in [0.25, 0.3) is 0 Å². The molecule has 1 atom stereocenters. The Morgan fingerprint density at radius 3 is 2.05 bits per heavy atom. The standard InChI is InChI=1S/C12H16F3NOS.CH4O/c1-8-5-6-10(9(7-8)12(13,14)15)18(17)16-11(2,3)4;1-2/h5-7,16H,1-4H3;2H,1H3. The Morgan fingerprint density at radius 1 is 1.15 bits per heavy atom. The number of nitrogens with one attached hydrogen (secondary N) is 1. The van der Waals surface area contributed by atoms with Crippen LogP contribution in [0.5, 0.6) is 0 Å². The highest BCUT2D eigenvalue weighted by atomic mass is 32.2. The normalized spacial score (nSPS) is 13.4. The maximum atomic E-state index is 12.9. The second kappa shape index (κ2) is 7.19. The second-order valence-electron chi connectivity index (χ2n) is 5.12. The van der Waals surface area contributed by atoms with Gasteiger partial charge in [0.05, 0.1) is 10.5 Å². The van der Waals surface area contributed by atoms with Gasteiger partial charge in [0, 0.05) is 12.6 Å².